The maximum Gasteiger partial charge on any atom is 0.261 e. The maximum atomic E-state index is 13.0. The summed E-state index contributed by atoms with van der Waals surface area (Å²) in [7, 11) is 0. The molecule has 2 nitrogen and oxygen atoms in total. The van der Waals surface area contributed by atoms with Crippen LogP contribution in [-0.2, 0) is 0 Å². The first kappa shape index (κ1) is 11.1. The minimum Gasteiger partial charge on any atom is -0.328 e. The molecule has 1 aromatic rings. The van der Waals surface area contributed by atoms with Crippen molar-refractivity contribution in [3.8, 4) is 0 Å². The van der Waals surface area contributed by atoms with Crippen LogP contribution in [0.5, 0.6) is 0 Å². The van der Waals surface area contributed by atoms with E-state index < -0.39 is 23.1 Å². The fourth-order valence-electron chi connectivity index (χ4n) is 0.894. The molecule has 0 aliphatic rings. The first-order valence-electron chi connectivity index (χ1n) is 3.67. The van der Waals surface area contributed by atoms with Crippen LogP contribution in [-0.4, -0.2) is 5.91 Å². The summed E-state index contributed by atoms with van der Waals surface area (Å²) in [4.78, 5) is 11.2. The third-order valence-corrected chi connectivity index (χ3v) is 1.83. The molecule has 74 valence electrons. The molecule has 1 N–H and O–H groups in total. The summed E-state index contributed by atoms with van der Waals surface area (Å²) in [6.45, 7) is 0. The predicted molar refractivity (Wildman–Crippen MR) is 57.0 cm³/mol. The Morgan fingerprint density at radius 1 is 1.36 bits per heavy atom. The minimum absolute atomic E-state index is 0.568. The van der Waals surface area contributed by atoms with E-state index in [2.05, 4.69) is 5.32 Å². The van der Waals surface area contributed by atoms with Crippen LogP contribution in [0, 0.1) is 11.6 Å². The molecular formula is C9H6F2INO. The first-order chi connectivity index (χ1) is 6.66. The van der Waals surface area contributed by atoms with Gasteiger partial charge in [-0.2, -0.15) is 0 Å². The second kappa shape index (κ2) is 5.04. The van der Waals surface area contributed by atoms with Gasteiger partial charge in [0.15, 0.2) is 0 Å². The molecule has 0 unspecified atom stereocenters. The van der Waals surface area contributed by atoms with Gasteiger partial charge in [0, 0.05) is 6.20 Å². The molecule has 0 spiro atoms. The highest BCUT2D eigenvalue weighted by Gasteiger charge is 2.15. The number of rotatable bonds is 2. The third kappa shape index (κ3) is 2.50. The van der Waals surface area contributed by atoms with Gasteiger partial charge in [-0.15, -0.1) is 0 Å². The van der Waals surface area contributed by atoms with Gasteiger partial charge in [0.2, 0.25) is 0 Å². The third-order valence-electron chi connectivity index (χ3n) is 1.47. The van der Waals surface area contributed by atoms with Crippen molar-refractivity contribution in [3.63, 3.8) is 0 Å². The first-order valence-corrected chi connectivity index (χ1v) is 4.91. The largest absolute Gasteiger partial charge is 0.328 e. The Labute approximate surface area is 93.1 Å². The summed E-state index contributed by atoms with van der Waals surface area (Å²) in [5, 5.41) is 2.22. The lowest BCUT2D eigenvalue weighted by atomic mass is 10.2. The Morgan fingerprint density at radius 2 is 1.93 bits per heavy atom. The number of halogens is 3. The van der Waals surface area contributed by atoms with Crippen LogP contribution in [0.1, 0.15) is 10.4 Å². The van der Waals surface area contributed by atoms with Crippen molar-refractivity contribution in [2.45, 2.75) is 0 Å². The lowest BCUT2D eigenvalue weighted by Crippen LogP contribution is -2.19. The molecule has 14 heavy (non-hydrogen) atoms. The summed E-state index contributed by atoms with van der Waals surface area (Å²) < 4.78 is 27.5. The zero-order chi connectivity index (χ0) is 10.6. The van der Waals surface area contributed by atoms with Crippen molar-refractivity contribution in [3.05, 3.63) is 45.7 Å². The Bertz CT molecular complexity index is 359. The number of nitrogens with one attached hydrogen (secondary N) is 1. The molecule has 0 aromatic heterocycles. The van der Waals surface area contributed by atoms with Crippen LogP contribution >= 0.6 is 22.6 Å². The van der Waals surface area contributed by atoms with Crippen LogP contribution < -0.4 is 5.32 Å². The zero-order valence-electron chi connectivity index (χ0n) is 6.93. The summed E-state index contributed by atoms with van der Waals surface area (Å²) in [5.74, 6) is -2.54. The van der Waals surface area contributed by atoms with Crippen molar-refractivity contribution >= 4 is 28.5 Å². The number of carbonyl (C=O) groups is 1. The van der Waals surface area contributed by atoms with Gasteiger partial charge in [-0.3, -0.25) is 4.79 Å². The van der Waals surface area contributed by atoms with Crippen molar-refractivity contribution < 1.29 is 13.6 Å². The fourth-order valence-corrected chi connectivity index (χ4v) is 1.07. The molecule has 0 atom stereocenters. The van der Waals surface area contributed by atoms with E-state index in [0.717, 1.165) is 12.1 Å². The fraction of sp³-hybridized carbons (Fsp3) is 0. The summed E-state index contributed by atoms with van der Waals surface area (Å²) in [5.41, 5.74) is -0.568. The van der Waals surface area contributed by atoms with Crippen LogP contribution in [0.3, 0.4) is 0 Å². The van der Waals surface area contributed by atoms with Gasteiger partial charge in [0.05, 0.1) is 0 Å². The van der Waals surface area contributed by atoms with Gasteiger partial charge in [-0.05, 0) is 16.2 Å². The summed E-state index contributed by atoms with van der Waals surface area (Å²) in [6, 6.07) is 3.27. The van der Waals surface area contributed by atoms with Gasteiger partial charge in [-0.25, -0.2) is 8.78 Å². The number of carbonyl (C=O) groups excluding carboxylic acids is 1. The van der Waals surface area contributed by atoms with Crippen LogP contribution in [0.15, 0.2) is 28.5 Å². The molecule has 0 aliphatic heterocycles. The standard InChI is InChI=1S/C9H6F2INO/c10-6-2-1-3-7(11)8(6)9(14)13-5-4-12/h1-5H,(H,13,14). The smallest absolute Gasteiger partial charge is 0.261 e. The van der Waals surface area contributed by atoms with E-state index in [1.54, 1.807) is 0 Å². The second-order valence-corrected chi connectivity index (χ2v) is 3.08. The van der Waals surface area contributed by atoms with Gasteiger partial charge in [0.25, 0.3) is 5.91 Å². The van der Waals surface area contributed by atoms with Crippen molar-refractivity contribution in [2.75, 3.05) is 0 Å². The molecular weight excluding hydrogens is 303 g/mol. The van der Waals surface area contributed by atoms with Gasteiger partial charge >= 0.3 is 0 Å². The molecule has 1 rings (SSSR count). The minimum atomic E-state index is -0.871. The lowest BCUT2D eigenvalue weighted by Gasteiger charge is -2.02. The van der Waals surface area contributed by atoms with Crippen molar-refractivity contribution in [1.82, 2.24) is 5.32 Å². The van der Waals surface area contributed by atoms with E-state index >= 15 is 0 Å². The Morgan fingerprint density at radius 3 is 2.43 bits per heavy atom. The molecule has 0 saturated carbocycles. The van der Waals surface area contributed by atoms with Gasteiger partial charge in [0.1, 0.15) is 17.2 Å². The van der Waals surface area contributed by atoms with E-state index in [9.17, 15) is 13.6 Å². The molecule has 1 amide bonds. The predicted octanol–water partition coefficient (Wildman–Crippen LogP) is 2.60. The average Bonchev–Trinajstić information content (AvgIpc) is 2.14. The molecule has 0 radical (unpaired) electrons. The molecule has 0 saturated heterocycles. The van der Waals surface area contributed by atoms with Crippen LogP contribution in [0.25, 0.3) is 0 Å². The van der Waals surface area contributed by atoms with E-state index in [1.807, 2.05) is 22.6 Å². The molecule has 0 fully saturated rings. The van der Waals surface area contributed by atoms with E-state index in [1.165, 1.54) is 16.3 Å². The topological polar surface area (TPSA) is 29.1 Å². The highest BCUT2D eigenvalue weighted by atomic mass is 127. The summed E-state index contributed by atoms with van der Waals surface area (Å²) in [6.07, 6.45) is 1.30. The van der Waals surface area contributed by atoms with E-state index in [-0.39, 0.29) is 0 Å². The maximum absolute atomic E-state index is 13.0. The number of amides is 1. The number of hydrogen-bond acceptors (Lipinski definition) is 1. The molecule has 5 heteroatoms. The molecule has 1 aromatic carbocycles. The molecule has 0 bridgehead atoms. The summed E-state index contributed by atoms with van der Waals surface area (Å²) >= 11 is 1.87. The molecule has 0 aliphatic carbocycles. The second-order valence-electron chi connectivity index (χ2n) is 2.36. The Hall–Kier alpha value is -0.980. The van der Waals surface area contributed by atoms with Crippen LogP contribution in [0.4, 0.5) is 8.78 Å². The zero-order valence-corrected chi connectivity index (χ0v) is 9.09. The number of benzene rings is 1. The normalized spacial score (nSPS) is 10.5. The van der Waals surface area contributed by atoms with E-state index in [0.29, 0.717) is 0 Å². The molecule has 0 heterocycles. The van der Waals surface area contributed by atoms with Crippen molar-refractivity contribution in [1.29, 1.82) is 0 Å². The lowest BCUT2D eigenvalue weighted by molar-refractivity contribution is 0.0962. The highest BCUT2D eigenvalue weighted by molar-refractivity contribution is 14.1. The van der Waals surface area contributed by atoms with Gasteiger partial charge < -0.3 is 5.32 Å². The van der Waals surface area contributed by atoms with Gasteiger partial charge in [-0.1, -0.05) is 28.7 Å². The van der Waals surface area contributed by atoms with E-state index in [4.69, 9.17) is 0 Å². The highest BCUT2D eigenvalue weighted by Crippen LogP contribution is 2.11. The van der Waals surface area contributed by atoms with Crippen LogP contribution in [0.2, 0.25) is 0 Å². The average molecular weight is 309 g/mol. The SMILES string of the molecule is O=C(NC=CI)c1c(F)cccc1F. The quantitative estimate of drug-likeness (QED) is 0.836. The Balaban J connectivity index is 3.00. The number of hydrogen-bond donors (Lipinski definition) is 1. The van der Waals surface area contributed by atoms with Crippen molar-refractivity contribution in [2.24, 2.45) is 0 Å². The Kier molecular flexibility index (Phi) is 3.99. The monoisotopic (exact) mass is 309 g/mol.